The van der Waals surface area contributed by atoms with Crippen molar-refractivity contribution in [2.45, 2.75) is 44.0 Å². The minimum Gasteiger partial charge on any atom is -0.392 e. The molecule has 0 spiro atoms. The van der Waals surface area contributed by atoms with E-state index in [0.717, 1.165) is 11.6 Å². The number of carbonyl (C=O) groups excluding carboxylic acids is 1. The van der Waals surface area contributed by atoms with Crippen LogP contribution >= 0.6 is 0 Å². The minimum absolute atomic E-state index is 0.0149. The summed E-state index contributed by atoms with van der Waals surface area (Å²) in [6.45, 7) is -0.103. The van der Waals surface area contributed by atoms with E-state index < -0.39 is 48.3 Å². The number of aliphatic hydroxyl groups is 1. The molecule has 2 atom stereocenters. The van der Waals surface area contributed by atoms with Crippen LogP contribution in [0.2, 0.25) is 0 Å². The maximum Gasteiger partial charge on any atom is 0.435 e. The summed E-state index contributed by atoms with van der Waals surface area (Å²) in [4.78, 5) is 12.7. The number of amides is 1. The average molecular weight is 478 g/mol. The second-order valence-electron chi connectivity index (χ2n) is 7.62. The molecule has 0 aliphatic carbocycles. The lowest BCUT2D eigenvalue weighted by Crippen LogP contribution is -2.34. The van der Waals surface area contributed by atoms with E-state index in [9.17, 15) is 36.2 Å². The number of hydrogen-bond acceptors (Lipinski definition) is 5. The average Bonchev–Trinajstić information content (AvgIpc) is 3.31. The maximum atomic E-state index is 13.3. The van der Waals surface area contributed by atoms with Gasteiger partial charge in [0.05, 0.1) is 12.6 Å². The van der Waals surface area contributed by atoms with E-state index >= 15 is 0 Å². The normalized spacial score (nSPS) is 20.0. The van der Waals surface area contributed by atoms with Gasteiger partial charge in [0.2, 0.25) is 0 Å². The Morgan fingerprint density at radius 1 is 1.15 bits per heavy atom. The number of hydrogen-bond donors (Lipinski definition) is 3. The van der Waals surface area contributed by atoms with Gasteiger partial charge in [-0.05, 0) is 23.6 Å². The lowest BCUT2D eigenvalue weighted by molar-refractivity contribution is -0.144. The van der Waals surface area contributed by atoms with E-state index in [1.54, 1.807) is 29.2 Å². The smallest absolute Gasteiger partial charge is 0.392 e. The van der Waals surface area contributed by atoms with Gasteiger partial charge in [-0.25, -0.2) is 5.48 Å². The molecule has 0 saturated carbocycles. The number of aromatic nitrogens is 2. The Hall–Kier alpha value is -2.90. The van der Waals surface area contributed by atoms with Crippen LogP contribution in [0.15, 0.2) is 36.4 Å². The van der Waals surface area contributed by atoms with Crippen LogP contribution in [0.1, 0.15) is 28.9 Å². The number of carbonyl (C=O) groups is 1. The Kier molecular flexibility index (Phi) is 7.14. The van der Waals surface area contributed by atoms with E-state index in [2.05, 4.69) is 5.10 Å². The Morgan fingerprint density at radius 3 is 2.39 bits per heavy atom. The number of aliphatic hydroxyl groups excluding tert-OH is 1. The van der Waals surface area contributed by atoms with Crippen LogP contribution < -0.4 is 5.48 Å². The highest BCUT2D eigenvalue weighted by atomic mass is 19.4. The van der Waals surface area contributed by atoms with Crippen LogP contribution in [0, 0.1) is 0 Å². The zero-order chi connectivity index (χ0) is 24.4. The fourth-order valence-electron chi connectivity index (χ4n) is 3.64. The first-order chi connectivity index (χ1) is 15.4. The first-order valence-electron chi connectivity index (χ1n) is 9.72. The van der Waals surface area contributed by atoms with Gasteiger partial charge in [0, 0.05) is 31.3 Å². The summed E-state index contributed by atoms with van der Waals surface area (Å²) in [5.74, 6) is -0.710. The maximum absolute atomic E-state index is 13.3. The van der Waals surface area contributed by atoms with E-state index in [0.29, 0.717) is 10.2 Å². The largest absolute Gasteiger partial charge is 0.435 e. The Bertz CT molecular complexity index is 1000. The Labute approximate surface area is 183 Å². The van der Waals surface area contributed by atoms with Crippen molar-refractivity contribution >= 4 is 12.0 Å². The Balaban J connectivity index is 1.76. The highest BCUT2D eigenvalue weighted by Crippen LogP contribution is 2.36. The van der Waals surface area contributed by atoms with Gasteiger partial charge in [-0.1, -0.05) is 24.3 Å². The van der Waals surface area contributed by atoms with E-state index in [1.165, 1.54) is 11.6 Å². The highest BCUT2D eigenvalue weighted by Gasteiger charge is 2.43. The van der Waals surface area contributed by atoms with E-state index in [-0.39, 0.29) is 25.6 Å². The van der Waals surface area contributed by atoms with Gasteiger partial charge in [0.15, 0.2) is 5.69 Å². The lowest BCUT2D eigenvalue weighted by atomic mass is 10.1. The second-order valence-corrected chi connectivity index (χ2v) is 7.62. The first-order valence-corrected chi connectivity index (χ1v) is 9.72. The summed E-state index contributed by atoms with van der Waals surface area (Å²) in [6, 6.07) is 6.06. The number of alkyl halides is 6. The molecule has 1 fully saturated rings. The molecule has 1 aromatic heterocycles. The third-order valence-electron chi connectivity index (χ3n) is 5.15. The fourth-order valence-corrected chi connectivity index (χ4v) is 3.64. The molecule has 2 heterocycles. The summed E-state index contributed by atoms with van der Waals surface area (Å²) in [7, 11) is 0. The van der Waals surface area contributed by atoms with Crippen molar-refractivity contribution in [1.82, 2.24) is 20.2 Å². The number of halogens is 6. The quantitative estimate of drug-likeness (QED) is 0.257. The van der Waals surface area contributed by atoms with Crippen molar-refractivity contribution in [3.63, 3.8) is 0 Å². The first kappa shape index (κ1) is 24.7. The highest BCUT2D eigenvalue weighted by molar-refractivity contribution is 5.90. The van der Waals surface area contributed by atoms with Crippen LogP contribution in [-0.4, -0.2) is 49.6 Å². The van der Waals surface area contributed by atoms with Crippen LogP contribution in [0.25, 0.3) is 6.08 Å². The molecular weight excluding hydrogens is 458 g/mol. The van der Waals surface area contributed by atoms with Gasteiger partial charge in [-0.2, -0.15) is 31.4 Å². The van der Waals surface area contributed by atoms with Crippen molar-refractivity contribution in [3.8, 4) is 0 Å². The molecule has 0 radical (unpaired) electrons. The molecule has 13 heteroatoms. The van der Waals surface area contributed by atoms with Crippen molar-refractivity contribution in [2.24, 2.45) is 0 Å². The van der Waals surface area contributed by atoms with Gasteiger partial charge in [-0.15, -0.1) is 0 Å². The molecule has 180 valence electrons. The van der Waals surface area contributed by atoms with Crippen LogP contribution in [0.5, 0.6) is 0 Å². The number of likely N-dealkylation sites (tertiary alicyclic amines) is 1. The molecule has 3 rings (SSSR count). The predicted octanol–water partition coefficient (Wildman–Crippen LogP) is 3.07. The second kappa shape index (κ2) is 9.53. The summed E-state index contributed by atoms with van der Waals surface area (Å²) in [5.41, 5.74) is -0.291. The molecular formula is C20H20F6N4O3. The van der Waals surface area contributed by atoms with Gasteiger partial charge in [0.25, 0.3) is 5.91 Å². The summed E-state index contributed by atoms with van der Waals surface area (Å²) in [5, 5.41) is 21.6. The third kappa shape index (κ3) is 6.33. The number of β-amino-alcohol motifs (C(OH)–C–C–N with tert-alkyl or cyclic N) is 1. The standard InChI is InChI=1S/C20H20F6N4O3/c21-19(22,23)16-8-17(20(24,25)26)30(27-16)10-14-7-15(31)11-29(14)9-13-3-1-12(2-4-13)5-6-18(32)28-33/h1-6,8,14-15,31,33H,7,9-11H2,(H,28,32)/b6-5+/t14-,15-/m1/s1. The number of nitrogens with zero attached hydrogens (tertiary/aromatic N) is 3. The van der Waals surface area contributed by atoms with Gasteiger partial charge in [0.1, 0.15) is 5.69 Å². The summed E-state index contributed by atoms with van der Waals surface area (Å²) < 4.78 is 78.9. The minimum atomic E-state index is -5.02. The molecule has 3 N–H and O–H groups in total. The number of hydroxylamine groups is 1. The Morgan fingerprint density at radius 2 is 1.82 bits per heavy atom. The van der Waals surface area contributed by atoms with Crippen LogP contribution in [0.3, 0.4) is 0 Å². The fraction of sp³-hybridized carbons (Fsp3) is 0.400. The van der Waals surface area contributed by atoms with Gasteiger partial charge in [-0.3, -0.25) is 19.6 Å². The summed E-state index contributed by atoms with van der Waals surface area (Å²) in [6.07, 6.45) is -8.24. The van der Waals surface area contributed by atoms with Crippen molar-refractivity contribution in [2.75, 3.05) is 6.54 Å². The molecule has 0 unspecified atom stereocenters. The SMILES string of the molecule is O=C(/C=C/c1ccc(CN2C[C@H](O)C[C@@H]2Cn2nc(C(F)(F)F)cc2C(F)(F)F)cc1)NO. The number of benzene rings is 1. The van der Waals surface area contributed by atoms with Crippen molar-refractivity contribution in [1.29, 1.82) is 0 Å². The van der Waals surface area contributed by atoms with Crippen molar-refractivity contribution in [3.05, 3.63) is 58.9 Å². The number of nitrogens with one attached hydrogen (secondary N) is 1. The summed E-state index contributed by atoms with van der Waals surface area (Å²) >= 11 is 0. The zero-order valence-corrected chi connectivity index (χ0v) is 16.9. The topological polar surface area (TPSA) is 90.6 Å². The number of rotatable bonds is 6. The van der Waals surface area contributed by atoms with Gasteiger partial charge < -0.3 is 5.11 Å². The third-order valence-corrected chi connectivity index (χ3v) is 5.15. The molecule has 2 aromatic rings. The molecule has 1 aromatic carbocycles. The lowest BCUT2D eigenvalue weighted by Gasteiger charge is -2.25. The van der Waals surface area contributed by atoms with Crippen molar-refractivity contribution < 1.29 is 41.5 Å². The van der Waals surface area contributed by atoms with Crippen LogP contribution in [0.4, 0.5) is 26.3 Å². The molecule has 1 aliphatic heterocycles. The van der Waals surface area contributed by atoms with E-state index in [4.69, 9.17) is 5.21 Å². The van der Waals surface area contributed by atoms with Gasteiger partial charge >= 0.3 is 12.4 Å². The molecule has 1 saturated heterocycles. The molecule has 0 bridgehead atoms. The van der Waals surface area contributed by atoms with E-state index in [1.807, 2.05) is 0 Å². The van der Waals surface area contributed by atoms with Crippen LogP contribution in [-0.2, 0) is 30.2 Å². The molecule has 1 amide bonds. The predicted molar refractivity (Wildman–Crippen MR) is 102 cm³/mol. The molecule has 33 heavy (non-hydrogen) atoms. The molecule has 7 nitrogen and oxygen atoms in total. The monoisotopic (exact) mass is 478 g/mol. The molecule has 1 aliphatic rings. The zero-order valence-electron chi connectivity index (χ0n) is 16.9.